The van der Waals surface area contributed by atoms with E-state index in [-0.39, 0.29) is 0 Å². The van der Waals surface area contributed by atoms with Gasteiger partial charge in [0, 0.05) is 44.5 Å². The first kappa shape index (κ1) is 17.2. The number of hydrogen-bond acceptors (Lipinski definition) is 4. The van der Waals surface area contributed by atoms with Gasteiger partial charge in [-0.25, -0.2) is 0 Å². The Labute approximate surface area is 126 Å². The van der Waals surface area contributed by atoms with Gasteiger partial charge in [0.2, 0.25) is 0 Å². The average molecular weight is 302 g/mol. The average Bonchev–Trinajstić information content (AvgIpc) is 2.45. The van der Waals surface area contributed by atoms with Crippen molar-refractivity contribution in [3.63, 3.8) is 0 Å². The molecule has 0 amide bonds. The molecule has 1 aromatic carbocycles. The van der Waals surface area contributed by atoms with Crippen molar-refractivity contribution in [2.75, 3.05) is 40.6 Å². The van der Waals surface area contributed by atoms with E-state index in [4.69, 9.17) is 25.8 Å². The van der Waals surface area contributed by atoms with Gasteiger partial charge in [-0.2, -0.15) is 0 Å². The first-order valence-electron chi connectivity index (χ1n) is 6.88. The summed E-state index contributed by atoms with van der Waals surface area (Å²) in [6, 6.07) is 5.74. The van der Waals surface area contributed by atoms with E-state index >= 15 is 0 Å². The fraction of sp³-hybridized carbons (Fsp3) is 0.600. The molecule has 0 fully saturated rings. The van der Waals surface area contributed by atoms with E-state index in [2.05, 4.69) is 5.32 Å². The third-order valence-corrected chi connectivity index (χ3v) is 3.22. The molecular formula is C15H24ClNO3. The number of unbranched alkanes of at least 4 members (excludes halogenated alkanes) is 1. The van der Waals surface area contributed by atoms with Gasteiger partial charge in [-0.05, 0) is 25.0 Å². The maximum Gasteiger partial charge on any atom is 0.125 e. The highest BCUT2D eigenvalue weighted by atomic mass is 35.5. The van der Waals surface area contributed by atoms with E-state index < -0.39 is 0 Å². The van der Waals surface area contributed by atoms with Crippen LogP contribution < -0.4 is 10.1 Å². The van der Waals surface area contributed by atoms with Gasteiger partial charge in [-0.15, -0.1) is 0 Å². The van der Waals surface area contributed by atoms with Crippen LogP contribution in [-0.2, 0) is 16.0 Å². The van der Waals surface area contributed by atoms with Crippen LogP contribution in [-0.4, -0.2) is 40.6 Å². The smallest absolute Gasteiger partial charge is 0.125 e. The van der Waals surface area contributed by atoms with Crippen LogP contribution in [0.25, 0.3) is 0 Å². The molecule has 0 saturated heterocycles. The lowest BCUT2D eigenvalue weighted by Crippen LogP contribution is -2.19. The van der Waals surface area contributed by atoms with Crippen LogP contribution in [0.1, 0.15) is 18.4 Å². The molecule has 0 aliphatic carbocycles. The van der Waals surface area contributed by atoms with Gasteiger partial charge in [0.05, 0.1) is 13.2 Å². The monoisotopic (exact) mass is 301 g/mol. The van der Waals surface area contributed by atoms with E-state index in [0.717, 1.165) is 42.3 Å². The minimum absolute atomic E-state index is 0.675. The van der Waals surface area contributed by atoms with Crippen molar-refractivity contribution in [2.45, 2.75) is 19.4 Å². The van der Waals surface area contributed by atoms with Crippen LogP contribution >= 0.6 is 11.6 Å². The molecule has 0 aromatic heterocycles. The summed E-state index contributed by atoms with van der Waals surface area (Å²) in [5.74, 6) is 0.847. The molecule has 0 unspecified atom stereocenters. The standard InChI is InChI=1S/C15H24ClNO3/c1-18-9-3-4-10-20-15-7-5-6-14(16)13(15)12-17-8-11-19-2/h5-7,17H,3-4,8-12H2,1-2H3. The summed E-state index contributed by atoms with van der Waals surface area (Å²) in [4.78, 5) is 0. The lowest BCUT2D eigenvalue weighted by atomic mass is 10.2. The third kappa shape index (κ3) is 6.57. The van der Waals surface area contributed by atoms with Gasteiger partial charge in [-0.3, -0.25) is 0 Å². The minimum Gasteiger partial charge on any atom is -0.493 e. The zero-order valence-electron chi connectivity index (χ0n) is 12.3. The highest BCUT2D eigenvalue weighted by Gasteiger charge is 2.07. The van der Waals surface area contributed by atoms with Crippen molar-refractivity contribution in [1.29, 1.82) is 0 Å². The van der Waals surface area contributed by atoms with E-state index in [1.807, 2.05) is 18.2 Å². The molecule has 0 radical (unpaired) electrons. The molecule has 20 heavy (non-hydrogen) atoms. The van der Waals surface area contributed by atoms with Gasteiger partial charge >= 0.3 is 0 Å². The molecule has 0 bridgehead atoms. The quantitative estimate of drug-likeness (QED) is 0.638. The molecule has 1 rings (SSSR count). The summed E-state index contributed by atoms with van der Waals surface area (Å²) >= 11 is 6.23. The van der Waals surface area contributed by atoms with Crippen LogP contribution in [0.5, 0.6) is 5.75 Å². The number of benzene rings is 1. The highest BCUT2D eigenvalue weighted by Crippen LogP contribution is 2.26. The topological polar surface area (TPSA) is 39.7 Å². The lowest BCUT2D eigenvalue weighted by Gasteiger charge is -2.13. The van der Waals surface area contributed by atoms with Gasteiger partial charge in [0.1, 0.15) is 5.75 Å². The first-order chi connectivity index (χ1) is 9.79. The molecule has 1 aromatic rings. The number of halogens is 1. The normalized spacial score (nSPS) is 10.8. The van der Waals surface area contributed by atoms with E-state index in [1.54, 1.807) is 14.2 Å². The largest absolute Gasteiger partial charge is 0.493 e. The summed E-state index contributed by atoms with van der Waals surface area (Å²) < 4.78 is 15.8. The first-order valence-corrected chi connectivity index (χ1v) is 7.26. The van der Waals surface area contributed by atoms with Crippen LogP contribution in [0.2, 0.25) is 5.02 Å². The number of ether oxygens (including phenoxy) is 3. The van der Waals surface area contributed by atoms with E-state index in [0.29, 0.717) is 19.8 Å². The van der Waals surface area contributed by atoms with Crippen LogP contribution in [0.15, 0.2) is 18.2 Å². The summed E-state index contributed by atoms with van der Waals surface area (Å²) in [6.07, 6.45) is 1.97. The van der Waals surface area contributed by atoms with Gasteiger partial charge in [0.25, 0.3) is 0 Å². The summed E-state index contributed by atoms with van der Waals surface area (Å²) in [5, 5.41) is 4.01. The number of methoxy groups -OCH3 is 2. The Morgan fingerprint density at radius 2 is 1.80 bits per heavy atom. The zero-order valence-corrected chi connectivity index (χ0v) is 13.0. The summed E-state index contributed by atoms with van der Waals surface area (Å²) in [6.45, 7) is 3.59. The predicted octanol–water partition coefficient (Wildman–Crippen LogP) is 2.88. The van der Waals surface area contributed by atoms with Crippen molar-refractivity contribution in [3.05, 3.63) is 28.8 Å². The summed E-state index contributed by atoms with van der Waals surface area (Å²) in [7, 11) is 3.40. The lowest BCUT2D eigenvalue weighted by molar-refractivity contribution is 0.184. The van der Waals surface area contributed by atoms with Crippen LogP contribution in [0.3, 0.4) is 0 Å². The number of rotatable bonds is 11. The molecule has 0 aliphatic heterocycles. The molecular weight excluding hydrogens is 278 g/mol. The Hall–Kier alpha value is -0.810. The second kappa shape index (κ2) is 10.9. The SMILES string of the molecule is COCCCCOc1cccc(Cl)c1CNCCOC. The number of nitrogens with one attached hydrogen (secondary N) is 1. The van der Waals surface area contributed by atoms with Crippen LogP contribution in [0.4, 0.5) is 0 Å². The van der Waals surface area contributed by atoms with E-state index in [9.17, 15) is 0 Å². The molecule has 0 aliphatic rings. The molecule has 1 N–H and O–H groups in total. The fourth-order valence-corrected chi connectivity index (χ4v) is 2.00. The molecule has 0 saturated carbocycles. The fourth-order valence-electron chi connectivity index (χ4n) is 1.76. The third-order valence-electron chi connectivity index (χ3n) is 2.86. The van der Waals surface area contributed by atoms with Crippen molar-refractivity contribution in [2.24, 2.45) is 0 Å². The van der Waals surface area contributed by atoms with Crippen LogP contribution in [0, 0.1) is 0 Å². The second-order valence-electron chi connectivity index (χ2n) is 4.43. The molecule has 0 spiro atoms. The van der Waals surface area contributed by atoms with E-state index in [1.165, 1.54) is 0 Å². The van der Waals surface area contributed by atoms with Crippen molar-refractivity contribution in [3.8, 4) is 5.75 Å². The maximum atomic E-state index is 6.23. The molecule has 5 heteroatoms. The Bertz CT molecular complexity index is 374. The molecule has 0 heterocycles. The van der Waals surface area contributed by atoms with Gasteiger partial charge < -0.3 is 19.5 Å². The van der Waals surface area contributed by atoms with Gasteiger partial charge in [0.15, 0.2) is 0 Å². The van der Waals surface area contributed by atoms with Crippen molar-refractivity contribution < 1.29 is 14.2 Å². The zero-order chi connectivity index (χ0) is 14.6. The maximum absolute atomic E-state index is 6.23. The Morgan fingerprint density at radius 3 is 2.55 bits per heavy atom. The highest BCUT2D eigenvalue weighted by molar-refractivity contribution is 6.31. The molecule has 0 atom stereocenters. The Morgan fingerprint density at radius 1 is 1.05 bits per heavy atom. The predicted molar refractivity (Wildman–Crippen MR) is 81.6 cm³/mol. The van der Waals surface area contributed by atoms with Gasteiger partial charge in [-0.1, -0.05) is 17.7 Å². The minimum atomic E-state index is 0.675. The molecule has 114 valence electrons. The van der Waals surface area contributed by atoms with Crippen molar-refractivity contribution >= 4 is 11.6 Å². The number of hydrogen-bond donors (Lipinski definition) is 1. The summed E-state index contributed by atoms with van der Waals surface area (Å²) in [5.41, 5.74) is 0.997. The van der Waals surface area contributed by atoms with Crippen molar-refractivity contribution in [1.82, 2.24) is 5.32 Å². The Balaban J connectivity index is 2.45. The molecule has 4 nitrogen and oxygen atoms in total. The Kier molecular flexibility index (Phi) is 9.41. The second-order valence-corrected chi connectivity index (χ2v) is 4.84.